The molecule has 80 valence electrons. The van der Waals surface area contributed by atoms with E-state index in [4.69, 9.17) is 4.74 Å². The fourth-order valence-electron chi connectivity index (χ4n) is 1.75. The van der Waals surface area contributed by atoms with Gasteiger partial charge in [0, 0.05) is 0 Å². The zero-order chi connectivity index (χ0) is 10.8. The maximum atomic E-state index is 11.1. The maximum absolute atomic E-state index is 11.1. The van der Waals surface area contributed by atoms with Crippen LogP contribution < -0.4 is 10.1 Å². The maximum Gasteiger partial charge on any atom is 0.262 e. The number of carbonyl (C=O) groups is 1. The Hall–Kier alpha value is -1.51. The first-order chi connectivity index (χ1) is 7.22. The van der Waals surface area contributed by atoms with Gasteiger partial charge >= 0.3 is 0 Å². The largest absolute Gasteiger partial charge is 0.481 e. The molecule has 0 spiro atoms. The number of para-hydroxylation sites is 1. The van der Waals surface area contributed by atoms with Crippen LogP contribution in [0.15, 0.2) is 18.2 Å². The average molecular weight is 205 g/mol. The van der Waals surface area contributed by atoms with E-state index in [1.807, 2.05) is 12.1 Å². The second kappa shape index (κ2) is 3.93. The van der Waals surface area contributed by atoms with E-state index in [1.165, 1.54) is 5.56 Å². The first-order valence-corrected chi connectivity index (χ1v) is 5.28. The van der Waals surface area contributed by atoms with Crippen LogP contribution in [-0.4, -0.2) is 12.5 Å². The molecule has 0 aromatic heterocycles. The van der Waals surface area contributed by atoms with Gasteiger partial charge in [-0.25, -0.2) is 0 Å². The van der Waals surface area contributed by atoms with E-state index in [0.717, 1.165) is 17.9 Å². The Bertz CT molecular complexity index is 387. The Morgan fingerprint density at radius 3 is 3.07 bits per heavy atom. The molecule has 1 N–H and O–H groups in total. The first kappa shape index (κ1) is 10.0. The standard InChI is InChI=1S/C12H15NO2/c1-3-8(2)9-5-4-6-10-12(9)15-7-11(14)13-10/h4-6,8H,3,7H2,1-2H3,(H,13,14). The highest BCUT2D eigenvalue weighted by atomic mass is 16.5. The molecule has 0 saturated carbocycles. The number of benzene rings is 1. The lowest BCUT2D eigenvalue weighted by atomic mass is 9.96. The number of hydrogen-bond donors (Lipinski definition) is 1. The van der Waals surface area contributed by atoms with Crippen molar-refractivity contribution in [2.75, 3.05) is 11.9 Å². The van der Waals surface area contributed by atoms with Crippen molar-refractivity contribution in [3.8, 4) is 5.75 Å². The first-order valence-electron chi connectivity index (χ1n) is 5.28. The molecular weight excluding hydrogens is 190 g/mol. The van der Waals surface area contributed by atoms with Crippen LogP contribution in [0.1, 0.15) is 31.7 Å². The highest BCUT2D eigenvalue weighted by Gasteiger charge is 2.20. The Labute approximate surface area is 89.4 Å². The molecule has 1 aromatic rings. The van der Waals surface area contributed by atoms with Gasteiger partial charge in [0.2, 0.25) is 0 Å². The summed E-state index contributed by atoms with van der Waals surface area (Å²) in [4.78, 5) is 11.1. The zero-order valence-corrected chi connectivity index (χ0v) is 9.04. The van der Waals surface area contributed by atoms with E-state index >= 15 is 0 Å². The highest BCUT2D eigenvalue weighted by Crippen LogP contribution is 2.36. The summed E-state index contributed by atoms with van der Waals surface area (Å²) in [5.41, 5.74) is 1.97. The van der Waals surface area contributed by atoms with Gasteiger partial charge in [-0.05, 0) is 24.0 Å². The van der Waals surface area contributed by atoms with Gasteiger partial charge in [0.1, 0.15) is 5.75 Å². The van der Waals surface area contributed by atoms with Crippen LogP contribution in [-0.2, 0) is 4.79 Å². The van der Waals surface area contributed by atoms with Crippen molar-refractivity contribution in [3.63, 3.8) is 0 Å². The van der Waals surface area contributed by atoms with Crippen LogP contribution in [0.3, 0.4) is 0 Å². The summed E-state index contributed by atoms with van der Waals surface area (Å²) < 4.78 is 5.48. The molecule has 1 aliphatic rings. The summed E-state index contributed by atoms with van der Waals surface area (Å²) in [6.45, 7) is 4.43. The molecule has 2 rings (SSSR count). The molecule has 1 unspecified atom stereocenters. The molecule has 0 fully saturated rings. The van der Waals surface area contributed by atoms with E-state index in [-0.39, 0.29) is 12.5 Å². The fraction of sp³-hybridized carbons (Fsp3) is 0.417. The topological polar surface area (TPSA) is 38.3 Å². The summed E-state index contributed by atoms with van der Waals surface area (Å²) in [5, 5.41) is 2.82. The summed E-state index contributed by atoms with van der Waals surface area (Å²) in [6.07, 6.45) is 1.06. The smallest absolute Gasteiger partial charge is 0.262 e. The fourth-order valence-corrected chi connectivity index (χ4v) is 1.75. The predicted molar refractivity (Wildman–Crippen MR) is 59.3 cm³/mol. The predicted octanol–water partition coefficient (Wildman–Crippen LogP) is 2.53. The van der Waals surface area contributed by atoms with E-state index in [9.17, 15) is 4.79 Å². The third kappa shape index (κ3) is 1.82. The Morgan fingerprint density at radius 1 is 1.53 bits per heavy atom. The Kier molecular flexibility index (Phi) is 2.62. The van der Waals surface area contributed by atoms with E-state index in [2.05, 4.69) is 25.2 Å². The van der Waals surface area contributed by atoms with Crippen LogP contribution in [0.2, 0.25) is 0 Å². The molecule has 0 saturated heterocycles. The number of hydrogen-bond acceptors (Lipinski definition) is 2. The van der Waals surface area contributed by atoms with Crippen molar-refractivity contribution in [2.24, 2.45) is 0 Å². The van der Waals surface area contributed by atoms with Gasteiger partial charge in [0.25, 0.3) is 5.91 Å². The minimum absolute atomic E-state index is 0.0798. The SMILES string of the molecule is CCC(C)c1cccc2c1OCC(=O)N2. The normalized spacial score (nSPS) is 16.3. The van der Waals surface area contributed by atoms with Gasteiger partial charge in [-0.15, -0.1) is 0 Å². The third-order valence-corrected chi connectivity index (χ3v) is 2.81. The third-order valence-electron chi connectivity index (χ3n) is 2.81. The molecule has 1 heterocycles. The van der Waals surface area contributed by atoms with Crippen molar-refractivity contribution in [3.05, 3.63) is 23.8 Å². The molecule has 1 aliphatic heterocycles. The van der Waals surface area contributed by atoms with Crippen molar-refractivity contribution in [2.45, 2.75) is 26.2 Å². The Balaban J connectivity index is 2.41. The number of anilines is 1. The minimum atomic E-state index is -0.0798. The highest BCUT2D eigenvalue weighted by molar-refractivity contribution is 5.95. The number of fused-ring (bicyclic) bond motifs is 1. The van der Waals surface area contributed by atoms with Gasteiger partial charge < -0.3 is 10.1 Å². The zero-order valence-electron chi connectivity index (χ0n) is 9.04. The van der Waals surface area contributed by atoms with Crippen LogP contribution in [0, 0.1) is 0 Å². The number of amides is 1. The van der Waals surface area contributed by atoms with E-state index in [1.54, 1.807) is 0 Å². The van der Waals surface area contributed by atoms with Gasteiger partial charge in [0.15, 0.2) is 6.61 Å². The average Bonchev–Trinajstić information content (AvgIpc) is 2.26. The summed E-state index contributed by atoms with van der Waals surface area (Å²) in [7, 11) is 0. The van der Waals surface area contributed by atoms with Gasteiger partial charge in [-0.1, -0.05) is 26.0 Å². The minimum Gasteiger partial charge on any atom is -0.481 e. The molecule has 0 radical (unpaired) electrons. The Morgan fingerprint density at radius 2 is 2.33 bits per heavy atom. The lowest BCUT2D eigenvalue weighted by Gasteiger charge is -2.22. The van der Waals surface area contributed by atoms with Crippen molar-refractivity contribution in [1.29, 1.82) is 0 Å². The monoisotopic (exact) mass is 205 g/mol. The van der Waals surface area contributed by atoms with Crippen molar-refractivity contribution in [1.82, 2.24) is 0 Å². The lowest BCUT2D eigenvalue weighted by molar-refractivity contribution is -0.118. The second-order valence-corrected chi connectivity index (χ2v) is 3.87. The molecule has 1 atom stereocenters. The van der Waals surface area contributed by atoms with Gasteiger partial charge in [-0.3, -0.25) is 4.79 Å². The van der Waals surface area contributed by atoms with Crippen LogP contribution >= 0.6 is 0 Å². The van der Waals surface area contributed by atoms with E-state index < -0.39 is 0 Å². The summed E-state index contributed by atoms with van der Waals surface area (Å²) in [5.74, 6) is 1.21. The van der Waals surface area contributed by atoms with Crippen molar-refractivity contribution >= 4 is 11.6 Å². The number of rotatable bonds is 2. The lowest BCUT2D eigenvalue weighted by Crippen LogP contribution is -2.26. The van der Waals surface area contributed by atoms with Crippen LogP contribution in [0.25, 0.3) is 0 Å². The van der Waals surface area contributed by atoms with Gasteiger partial charge in [-0.2, -0.15) is 0 Å². The van der Waals surface area contributed by atoms with Crippen LogP contribution in [0.4, 0.5) is 5.69 Å². The molecule has 0 bridgehead atoms. The quantitative estimate of drug-likeness (QED) is 0.805. The summed E-state index contributed by atoms with van der Waals surface area (Å²) in [6, 6.07) is 5.89. The molecule has 15 heavy (non-hydrogen) atoms. The summed E-state index contributed by atoms with van der Waals surface area (Å²) >= 11 is 0. The number of ether oxygens (including phenoxy) is 1. The molecule has 1 amide bonds. The molecule has 0 aliphatic carbocycles. The molecule has 3 nitrogen and oxygen atoms in total. The van der Waals surface area contributed by atoms with E-state index in [0.29, 0.717) is 5.92 Å². The van der Waals surface area contributed by atoms with Crippen molar-refractivity contribution < 1.29 is 9.53 Å². The molecular formula is C12H15NO2. The van der Waals surface area contributed by atoms with Crippen LogP contribution in [0.5, 0.6) is 5.75 Å². The molecule has 1 aromatic carbocycles. The second-order valence-electron chi connectivity index (χ2n) is 3.87. The van der Waals surface area contributed by atoms with Gasteiger partial charge in [0.05, 0.1) is 5.69 Å². The number of nitrogens with one attached hydrogen (secondary N) is 1. The molecule has 3 heteroatoms. The number of carbonyl (C=O) groups excluding carboxylic acids is 1.